The van der Waals surface area contributed by atoms with Gasteiger partial charge in [0.1, 0.15) is 6.26 Å². The Labute approximate surface area is 127 Å². The second-order valence-electron chi connectivity index (χ2n) is 5.29. The maximum Gasteiger partial charge on any atom is 0.208 e. The molecule has 3 aromatic rings. The summed E-state index contributed by atoms with van der Waals surface area (Å²) in [6.07, 6.45) is 9.66. The van der Waals surface area contributed by atoms with Crippen LogP contribution in [0.4, 0.5) is 0 Å². The number of nitrogens with zero attached hydrogens (tertiary/aromatic N) is 5. The molecule has 0 atom stereocenters. The van der Waals surface area contributed by atoms with Crippen molar-refractivity contribution in [2.24, 2.45) is 0 Å². The average Bonchev–Trinajstić information content (AvgIpc) is 3.08. The monoisotopic (exact) mass is 293 g/mol. The fourth-order valence-electron chi connectivity index (χ4n) is 2.67. The predicted octanol–water partition coefficient (Wildman–Crippen LogP) is 2.08. The van der Waals surface area contributed by atoms with Gasteiger partial charge >= 0.3 is 0 Å². The zero-order chi connectivity index (χ0) is 14.8. The molecular weight excluding hydrogens is 278 g/mol. The van der Waals surface area contributed by atoms with Crippen molar-refractivity contribution in [1.29, 1.82) is 0 Å². The van der Waals surface area contributed by atoms with Gasteiger partial charge in [0.05, 0.1) is 18.4 Å². The van der Waals surface area contributed by atoms with E-state index in [9.17, 15) is 0 Å². The molecule has 0 radical (unpaired) electrons. The lowest BCUT2D eigenvalue weighted by Crippen LogP contribution is -2.31. The molecule has 0 unspecified atom stereocenters. The van der Waals surface area contributed by atoms with Crippen LogP contribution >= 0.6 is 0 Å². The summed E-state index contributed by atoms with van der Waals surface area (Å²) in [5, 5.41) is 0. The van der Waals surface area contributed by atoms with E-state index in [1.54, 1.807) is 24.9 Å². The van der Waals surface area contributed by atoms with Crippen LogP contribution < -0.4 is 0 Å². The average molecular weight is 293 g/mol. The Morgan fingerprint density at radius 2 is 2.18 bits per heavy atom. The van der Waals surface area contributed by atoms with E-state index in [0.29, 0.717) is 0 Å². The van der Waals surface area contributed by atoms with Crippen molar-refractivity contribution in [2.45, 2.75) is 19.5 Å². The number of fused-ring (bicyclic) bond motifs is 1. The van der Waals surface area contributed by atoms with Gasteiger partial charge in [0, 0.05) is 49.2 Å². The van der Waals surface area contributed by atoms with Crippen molar-refractivity contribution < 1.29 is 4.42 Å². The van der Waals surface area contributed by atoms with Crippen LogP contribution in [0, 0.1) is 0 Å². The summed E-state index contributed by atoms with van der Waals surface area (Å²) in [5.41, 5.74) is 3.25. The maximum atomic E-state index is 5.31. The minimum absolute atomic E-state index is 0.719. The van der Waals surface area contributed by atoms with Gasteiger partial charge in [-0.2, -0.15) is 0 Å². The van der Waals surface area contributed by atoms with E-state index in [-0.39, 0.29) is 0 Å². The van der Waals surface area contributed by atoms with Gasteiger partial charge in [-0.15, -0.1) is 0 Å². The van der Waals surface area contributed by atoms with Gasteiger partial charge in [-0.25, -0.2) is 15.0 Å². The Balaban J connectivity index is 1.54. The van der Waals surface area contributed by atoms with E-state index in [1.807, 2.05) is 18.3 Å². The molecule has 0 saturated carbocycles. The molecule has 0 amide bonds. The minimum atomic E-state index is 0.719. The Kier molecular flexibility index (Phi) is 3.36. The van der Waals surface area contributed by atoms with Gasteiger partial charge in [-0.3, -0.25) is 9.88 Å². The lowest BCUT2D eigenvalue weighted by atomic mass is 10.1. The van der Waals surface area contributed by atoms with E-state index in [0.717, 1.165) is 49.0 Å². The highest BCUT2D eigenvalue weighted by atomic mass is 16.3. The quantitative estimate of drug-likeness (QED) is 0.736. The zero-order valence-electron chi connectivity index (χ0n) is 12.0. The number of rotatable bonds is 3. The van der Waals surface area contributed by atoms with Crippen LogP contribution in [0.25, 0.3) is 11.4 Å². The Bertz CT molecular complexity index is 757. The van der Waals surface area contributed by atoms with Crippen LogP contribution in [0.1, 0.15) is 17.1 Å². The summed E-state index contributed by atoms with van der Waals surface area (Å²) < 4.78 is 5.31. The summed E-state index contributed by atoms with van der Waals surface area (Å²) in [5.74, 6) is 1.49. The molecule has 1 aliphatic heterocycles. The molecule has 1 aliphatic rings. The molecule has 4 heterocycles. The Hall–Kier alpha value is -2.60. The molecule has 0 spiro atoms. The minimum Gasteiger partial charge on any atom is -0.448 e. The second kappa shape index (κ2) is 5.65. The SMILES string of the molecule is c1cncc(-c2ncc3c(n2)CCN(Cc2ncco2)C3)c1. The Morgan fingerprint density at radius 3 is 3.00 bits per heavy atom. The van der Waals surface area contributed by atoms with Crippen LogP contribution in [0.3, 0.4) is 0 Å². The number of oxazole rings is 1. The zero-order valence-corrected chi connectivity index (χ0v) is 12.0. The molecular formula is C16H15N5O. The molecule has 6 heteroatoms. The summed E-state index contributed by atoms with van der Waals surface area (Å²) in [6.45, 7) is 2.49. The van der Waals surface area contributed by atoms with Crippen molar-refractivity contribution in [3.8, 4) is 11.4 Å². The first-order valence-corrected chi connectivity index (χ1v) is 7.24. The highest BCUT2D eigenvalue weighted by molar-refractivity contribution is 5.53. The standard InChI is InChI=1S/C16H15N5O/c1-2-12(8-17-4-1)16-19-9-13-10-21(6-3-14(13)20-16)11-15-18-5-7-22-15/h1-2,4-5,7-9H,3,6,10-11H2. The molecule has 6 nitrogen and oxygen atoms in total. The lowest BCUT2D eigenvalue weighted by Gasteiger charge is -2.26. The topological polar surface area (TPSA) is 67.9 Å². The normalized spacial score (nSPS) is 14.7. The molecule has 0 aliphatic carbocycles. The third-order valence-electron chi connectivity index (χ3n) is 3.78. The van der Waals surface area contributed by atoms with Crippen LogP contribution in [0.2, 0.25) is 0 Å². The maximum absolute atomic E-state index is 5.31. The highest BCUT2D eigenvalue weighted by Gasteiger charge is 2.20. The van der Waals surface area contributed by atoms with Crippen molar-refractivity contribution in [1.82, 2.24) is 24.8 Å². The highest BCUT2D eigenvalue weighted by Crippen LogP contribution is 2.21. The van der Waals surface area contributed by atoms with Crippen LogP contribution in [-0.4, -0.2) is 31.4 Å². The molecule has 0 aromatic carbocycles. The van der Waals surface area contributed by atoms with Crippen molar-refractivity contribution in [3.05, 3.63) is 60.3 Å². The number of hydrogen-bond donors (Lipinski definition) is 0. The number of pyridine rings is 1. The van der Waals surface area contributed by atoms with Gasteiger partial charge < -0.3 is 4.42 Å². The summed E-state index contributed by atoms with van der Waals surface area (Å²) in [4.78, 5) is 19.8. The third kappa shape index (κ3) is 2.60. The molecule has 22 heavy (non-hydrogen) atoms. The van der Waals surface area contributed by atoms with Gasteiger partial charge in [0.2, 0.25) is 5.89 Å². The van der Waals surface area contributed by atoms with E-state index in [1.165, 1.54) is 5.56 Å². The fraction of sp³-hybridized carbons (Fsp3) is 0.250. The van der Waals surface area contributed by atoms with Gasteiger partial charge in [0.25, 0.3) is 0 Å². The molecule has 0 fully saturated rings. The van der Waals surface area contributed by atoms with E-state index in [2.05, 4.69) is 19.9 Å². The van der Waals surface area contributed by atoms with Crippen molar-refractivity contribution in [3.63, 3.8) is 0 Å². The smallest absolute Gasteiger partial charge is 0.208 e. The van der Waals surface area contributed by atoms with Gasteiger partial charge in [-0.1, -0.05) is 0 Å². The van der Waals surface area contributed by atoms with Crippen LogP contribution in [0.5, 0.6) is 0 Å². The first kappa shape index (κ1) is 13.1. The molecule has 0 bridgehead atoms. The molecule has 4 rings (SSSR count). The first-order chi connectivity index (χ1) is 10.9. The lowest BCUT2D eigenvalue weighted by molar-refractivity contribution is 0.219. The molecule has 110 valence electrons. The number of aromatic nitrogens is 4. The van der Waals surface area contributed by atoms with E-state index >= 15 is 0 Å². The van der Waals surface area contributed by atoms with Crippen LogP contribution in [-0.2, 0) is 19.5 Å². The summed E-state index contributed by atoms with van der Waals surface area (Å²) >= 11 is 0. The van der Waals surface area contributed by atoms with E-state index < -0.39 is 0 Å². The van der Waals surface area contributed by atoms with E-state index in [4.69, 9.17) is 9.40 Å². The largest absolute Gasteiger partial charge is 0.448 e. The third-order valence-corrected chi connectivity index (χ3v) is 3.78. The summed E-state index contributed by atoms with van der Waals surface area (Å²) in [7, 11) is 0. The van der Waals surface area contributed by atoms with Crippen molar-refractivity contribution in [2.75, 3.05) is 6.54 Å². The predicted molar refractivity (Wildman–Crippen MR) is 79.6 cm³/mol. The van der Waals surface area contributed by atoms with Crippen LogP contribution in [0.15, 0.2) is 47.6 Å². The van der Waals surface area contributed by atoms with Gasteiger partial charge in [-0.05, 0) is 12.1 Å². The fourth-order valence-corrected chi connectivity index (χ4v) is 2.67. The van der Waals surface area contributed by atoms with Gasteiger partial charge in [0.15, 0.2) is 5.82 Å². The molecule has 3 aromatic heterocycles. The Morgan fingerprint density at radius 1 is 1.18 bits per heavy atom. The first-order valence-electron chi connectivity index (χ1n) is 7.24. The summed E-state index contributed by atoms with van der Waals surface area (Å²) in [6, 6.07) is 3.88. The molecule has 0 N–H and O–H groups in total. The van der Waals surface area contributed by atoms with Crippen molar-refractivity contribution >= 4 is 0 Å². The number of hydrogen-bond acceptors (Lipinski definition) is 6. The second-order valence-corrected chi connectivity index (χ2v) is 5.29. The molecule has 0 saturated heterocycles.